The highest BCUT2D eigenvalue weighted by atomic mass is 19.1. The Morgan fingerprint density at radius 3 is 2.63 bits per heavy atom. The van der Waals surface area contributed by atoms with Crippen LogP contribution in [0.25, 0.3) is 11.3 Å². The predicted molar refractivity (Wildman–Crippen MR) is 105 cm³/mol. The molecule has 0 amide bonds. The zero-order chi connectivity index (χ0) is 19.2. The number of fused-ring (bicyclic) bond motifs is 1. The number of nitrogens with one attached hydrogen (secondary N) is 2. The summed E-state index contributed by atoms with van der Waals surface area (Å²) < 4.78 is 14.4. The topological polar surface area (TPSA) is 57.8 Å². The van der Waals surface area contributed by atoms with Crippen LogP contribution < -0.4 is 5.32 Å². The second-order valence-corrected chi connectivity index (χ2v) is 8.01. The number of hydrogen-bond acceptors (Lipinski definition) is 3. The lowest BCUT2D eigenvalue weighted by Gasteiger charge is -2.28. The number of anilines is 2. The van der Waals surface area contributed by atoms with Crippen molar-refractivity contribution in [3.8, 4) is 11.3 Å². The Hall–Kier alpha value is -2.95. The fourth-order valence-electron chi connectivity index (χ4n) is 3.79. The summed E-state index contributed by atoms with van der Waals surface area (Å²) in [5.41, 5.74) is 5.08. The number of ketones is 1. The van der Waals surface area contributed by atoms with Gasteiger partial charge in [0, 0.05) is 30.1 Å². The minimum absolute atomic E-state index is 0.0772. The highest BCUT2D eigenvalue weighted by Crippen LogP contribution is 2.43. The van der Waals surface area contributed by atoms with E-state index in [1.54, 1.807) is 24.5 Å². The summed E-state index contributed by atoms with van der Waals surface area (Å²) in [5.74, 6) is -0.270. The van der Waals surface area contributed by atoms with Gasteiger partial charge in [-0.3, -0.25) is 9.78 Å². The van der Waals surface area contributed by atoms with Crippen LogP contribution in [0.2, 0.25) is 0 Å². The molecule has 0 unspecified atom stereocenters. The molecular weight excluding hydrogens is 341 g/mol. The molecule has 3 aromatic rings. The van der Waals surface area contributed by atoms with Crippen molar-refractivity contribution in [1.29, 1.82) is 0 Å². The van der Waals surface area contributed by atoms with E-state index in [4.69, 9.17) is 0 Å². The smallest absolute Gasteiger partial charge is 0.167 e. The van der Waals surface area contributed by atoms with E-state index in [1.165, 1.54) is 6.07 Å². The molecule has 1 aromatic carbocycles. The maximum Gasteiger partial charge on any atom is 0.167 e. The number of nitrogens with zero attached hydrogens (tertiary/aromatic N) is 1. The number of aromatic nitrogens is 2. The van der Waals surface area contributed by atoms with E-state index in [0.29, 0.717) is 23.4 Å². The normalized spacial score (nSPS) is 15.5. The molecule has 5 heteroatoms. The van der Waals surface area contributed by atoms with Crippen molar-refractivity contribution in [2.45, 2.75) is 33.6 Å². The summed E-state index contributed by atoms with van der Waals surface area (Å²) >= 11 is 0. The van der Waals surface area contributed by atoms with E-state index in [2.05, 4.69) is 29.1 Å². The van der Waals surface area contributed by atoms with Crippen LogP contribution in [0.3, 0.4) is 0 Å². The first-order chi connectivity index (χ1) is 12.8. The third-order valence-electron chi connectivity index (χ3n) is 5.00. The molecule has 138 valence electrons. The lowest BCUT2D eigenvalue weighted by atomic mass is 9.76. The van der Waals surface area contributed by atoms with Crippen molar-refractivity contribution in [1.82, 2.24) is 9.97 Å². The third-order valence-corrected chi connectivity index (χ3v) is 5.00. The molecule has 0 saturated heterocycles. The van der Waals surface area contributed by atoms with Crippen molar-refractivity contribution in [3.05, 3.63) is 65.4 Å². The summed E-state index contributed by atoms with van der Waals surface area (Å²) in [7, 11) is 0. The lowest BCUT2D eigenvalue weighted by molar-refractivity contribution is 0.0912. The number of carbonyl (C=O) groups excluding carboxylic acids is 1. The molecule has 1 aliphatic rings. The Labute approximate surface area is 157 Å². The maximum absolute atomic E-state index is 14.4. The van der Waals surface area contributed by atoms with E-state index in [1.807, 2.05) is 19.1 Å². The minimum atomic E-state index is -0.347. The quantitative estimate of drug-likeness (QED) is 0.653. The highest BCUT2D eigenvalue weighted by molar-refractivity contribution is 6.07. The minimum Gasteiger partial charge on any atom is -0.356 e. The zero-order valence-electron chi connectivity index (χ0n) is 15.7. The van der Waals surface area contributed by atoms with Gasteiger partial charge in [-0.15, -0.1) is 0 Å². The van der Waals surface area contributed by atoms with E-state index in [0.717, 1.165) is 28.9 Å². The number of pyridine rings is 1. The van der Waals surface area contributed by atoms with Crippen LogP contribution in [0.1, 0.15) is 41.9 Å². The van der Waals surface area contributed by atoms with Crippen LogP contribution in [-0.2, 0) is 6.42 Å². The van der Waals surface area contributed by atoms with Gasteiger partial charge >= 0.3 is 0 Å². The molecule has 2 heterocycles. The number of carbonyl (C=O) groups is 1. The van der Waals surface area contributed by atoms with Crippen molar-refractivity contribution in [2.75, 3.05) is 5.32 Å². The first kappa shape index (κ1) is 17.5. The molecule has 2 aromatic heterocycles. The molecule has 27 heavy (non-hydrogen) atoms. The van der Waals surface area contributed by atoms with Crippen molar-refractivity contribution < 1.29 is 9.18 Å². The fraction of sp³-hybridized carbons (Fsp3) is 0.273. The first-order valence-electron chi connectivity index (χ1n) is 9.06. The number of halogens is 1. The van der Waals surface area contributed by atoms with Crippen molar-refractivity contribution >= 4 is 17.2 Å². The molecule has 0 bridgehead atoms. The lowest BCUT2D eigenvalue weighted by Crippen LogP contribution is -2.26. The SMILES string of the molecule is Cc1ccc(F)c(Nc2c(-c3ccncc3)[nH]c3c2C(=O)CC(C)(C)C3)c1. The van der Waals surface area contributed by atoms with Crippen LogP contribution >= 0.6 is 0 Å². The van der Waals surface area contributed by atoms with Gasteiger partial charge in [0.1, 0.15) is 5.82 Å². The first-order valence-corrected chi connectivity index (χ1v) is 9.06. The van der Waals surface area contributed by atoms with Gasteiger partial charge in [-0.25, -0.2) is 4.39 Å². The van der Waals surface area contributed by atoms with Gasteiger partial charge < -0.3 is 10.3 Å². The van der Waals surface area contributed by atoms with E-state index < -0.39 is 0 Å². The van der Waals surface area contributed by atoms with E-state index in [9.17, 15) is 9.18 Å². The molecule has 0 aliphatic heterocycles. The van der Waals surface area contributed by atoms with Gasteiger partial charge in [0.15, 0.2) is 5.78 Å². The van der Waals surface area contributed by atoms with Crippen LogP contribution in [0.15, 0.2) is 42.7 Å². The fourth-order valence-corrected chi connectivity index (χ4v) is 3.79. The standard InChI is InChI=1S/C22H22FN3O/c1-13-4-5-15(23)16(10-13)25-21-19-17(11-22(2,3)12-18(19)27)26-20(21)14-6-8-24-9-7-14/h4-10,25-26H,11-12H2,1-3H3. The van der Waals surface area contributed by atoms with E-state index in [-0.39, 0.29) is 17.0 Å². The molecule has 0 atom stereocenters. The molecular formula is C22H22FN3O. The highest BCUT2D eigenvalue weighted by Gasteiger charge is 2.35. The van der Waals surface area contributed by atoms with E-state index >= 15 is 0 Å². The predicted octanol–water partition coefficient (Wildman–Crippen LogP) is 5.42. The van der Waals surface area contributed by atoms with Crippen LogP contribution in [0.5, 0.6) is 0 Å². The Bertz CT molecular complexity index is 1020. The number of Topliss-reactive ketones (excluding diaryl/α,β-unsaturated/α-hetero) is 1. The summed E-state index contributed by atoms with van der Waals surface area (Å²) in [6, 6.07) is 8.68. The average molecular weight is 363 g/mol. The molecule has 4 nitrogen and oxygen atoms in total. The molecule has 0 spiro atoms. The summed E-state index contributed by atoms with van der Waals surface area (Å²) in [5, 5.41) is 3.20. The third kappa shape index (κ3) is 3.25. The number of H-pyrrole nitrogens is 1. The summed E-state index contributed by atoms with van der Waals surface area (Å²) in [6.07, 6.45) is 4.65. The Morgan fingerprint density at radius 1 is 1.15 bits per heavy atom. The van der Waals surface area contributed by atoms with Gasteiger partial charge in [0.2, 0.25) is 0 Å². The van der Waals surface area contributed by atoms with Crippen LogP contribution in [-0.4, -0.2) is 15.8 Å². The molecule has 0 saturated carbocycles. The van der Waals surface area contributed by atoms with Crippen molar-refractivity contribution in [2.24, 2.45) is 5.41 Å². The van der Waals surface area contributed by atoms with Crippen LogP contribution in [0, 0.1) is 18.2 Å². The largest absolute Gasteiger partial charge is 0.356 e. The number of aromatic amines is 1. The molecule has 2 N–H and O–H groups in total. The number of rotatable bonds is 3. The van der Waals surface area contributed by atoms with Gasteiger partial charge in [0.25, 0.3) is 0 Å². The van der Waals surface area contributed by atoms with Crippen molar-refractivity contribution in [3.63, 3.8) is 0 Å². The second kappa shape index (κ2) is 6.34. The average Bonchev–Trinajstić information content (AvgIpc) is 2.96. The van der Waals surface area contributed by atoms with Gasteiger partial charge in [-0.1, -0.05) is 19.9 Å². The molecule has 0 fully saturated rings. The maximum atomic E-state index is 14.4. The zero-order valence-corrected chi connectivity index (χ0v) is 15.7. The Balaban J connectivity index is 1.90. The Morgan fingerprint density at radius 2 is 1.89 bits per heavy atom. The molecule has 1 aliphatic carbocycles. The van der Waals surface area contributed by atoms with Gasteiger partial charge in [-0.05, 0) is 48.6 Å². The number of aryl methyl sites for hydroxylation is 1. The number of hydrogen-bond donors (Lipinski definition) is 2. The summed E-state index contributed by atoms with van der Waals surface area (Å²) in [6.45, 7) is 6.09. The van der Waals surface area contributed by atoms with Gasteiger partial charge in [0.05, 0.1) is 22.6 Å². The van der Waals surface area contributed by atoms with Crippen LogP contribution in [0.4, 0.5) is 15.8 Å². The van der Waals surface area contributed by atoms with Gasteiger partial charge in [-0.2, -0.15) is 0 Å². The number of benzene rings is 1. The molecule has 4 rings (SSSR count). The Kier molecular flexibility index (Phi) is 4.10. The monoisotopic (exact) mass is 363 g/mol. The molecule has 0 radical (unpaired) electrons. The summed E-state index contributed by atoms with van der Waals surface area (Å²) in [4.78, 5) is 20.4. The second-order valence-electron chi connectivity index (χ2n) is 8.01.